The summed E-state index contributed by atoms with van der Waals surface area (Å²) in [5.41, 5.74) is 21.4. The molecule has 0 radical (unpaired) electrons. The van der Waals surface area contributed by atoms with Gasteiger partial charge in [-0.15, -0.1) is 0 Å². The van der Waals surface area contributed by atoms with Gasteiger partial charge < -0.3 is 11.5 Å². The molecule has 0 atom stereocenters. The maximum absolute atomic E-state index is 6.01. The molecule has 4 N–H and O–H groups in total. The Hall–Kier alpha value is -1.96. The van der Waals surface area contributed by atoms with Crippen LogP contribution < -0.4 is 11.5 Å². The van der Waals surface area contributed by atoms with Gasteiger partial charge in [0.1, 0.15) is 0 Å². The van der Waals surface area contributed by atoms with Crippen molar-refractivity contribution in [3.8, 4) is 0 Å². The second-order valence-electron chi connectivity index (χ2n) is 6.49. The molecule has 0 fully saturated rings. The average molecular weight is 296 g/mol. The third kappa shape index (κ3) is 3.82. The minimum absolute atomic E-state index is 0.927. The molecule has 22 heavy (non-hydrogen) atoms. The van der Waals surface area contributed by atoms with Crippen molar-refractivity contribution in [2.45, 2.75) is 53.4 Å². The highest BCUT2D eigenvalue weighted by Gasteiger charge is 2.04. The van der Waals surface area contributed by atoms with Crippen LogP contribution in [0.2, 0.25) is 0 Å². The molecule has 0 saturated carbocycles. The van der Waals surface area contributed by atoms with Gasteiger partial charge in [-0.1, -0.05) is 24.3 Å². The van der Waals surface area contributed by atoms with Crippen molar-refractivity contribution in [1.29, 1.82) is 0 Å². The second-order valence-corrected chi connectivity index (χ2v) is 6.49. The van der Waals surface area contributed by atoms with Crippen LogP contribution in [0.5, 0.6) is 0 Å². The summed E-state index contributed by atoms with van der Waals surface area (Å²) in [5.74, 6) is 0. The first-order chi connectivity index (χ1) is 10.4. The molecule has 0 aromatic heterocycles. The van der Waals surface area contributed by atoms with Crippen LogP contribution in [-0.4, -0.2) is 0 Å². The van der Waals surface area contributed by atoms with Crippen LogP contribution >= 0.6 is 0 Å². The van der Waals surface area contributed by atoms with Crippen LogP contribution in [-0.2, 0) is 12.8 Å². The number of unbranched alkanes of at least 4 members (excludes halogenated alkanes) is 1. The van der Waals surface area contributed by atoms with Crippen molar-refractivity contribution in [2.24, 2.45) is 0 Å². The van der Waals surface area contributed by atoms with E-state index in [0.717, 1.165) is 24.2 Å². The molecule has 118 valence electrons. The Balaban J connectivity index is 1.90. The molecular formula is C20H28N2. The summed E-state index contributed by atoms with van der Waals surface area (Å²) in [7, 11) is 0. The van der Waals surface area contributed by atoms with E-state index in [0.29, 0.717) is 0 Å². The van der Waals surface area contributed by atoms with E-state index >= 15 is 0 Å². The fraction of sp³-hybridized carbons (Fsp3) is 0.400. The van der Waals surface area contributed by atoms with Gasteiger partial charge in [0, 0.05) is 11.4 Å². The van der Waals surface area contributed by atoms with Crippen molar-refractivity contribution < 1.29 is 0 Å². The molecule has 2 aromatic carbocycles. The summed E-state index contributed by atoms with van der Waals surface area (Å²) >= 11 is 0. The summed E-state index contributed by atoms with van der Waals surface area (Å²) in [6, 6.07) is 8.89. The maximum atomic E-state index is 6.01. The van der Waals surface area contributed by atoms with Crippen LogP contribution in [0.25, 0.3) is 0 Å². The van der Waals surface area contributed by atoms with Crippen molar-refractivity contribution in [1.82, 2.24) is 0 Å². The topological polar surface area (TPSA) is 52.0 Å². The lowest BCUT2D eigenvalue weighted by Crippen LogP contribution is -1.98. The molecule has 0 aliphatic heterocycles. The molecule has 0 saturated heterocycles. The first-order valence-corrected chi connectivity index (χ1v) is 8.09. The summed E-state index contributed by atoms with van der Waals surface area (Å²) < 4.78 is 0. The number of hydrogen-bond donors (Lipinski definition) is 2. The van der Waals surface area contributed by atoms with Gasteiger partial charge in [-0.25, -0.2) is 0 Å². The molecule has 2 heteroatoms. The molecular weight excluding hydrogens is 268 g/mol. The Labute approximate surface area is 134 Å². The summed E-state index contributed by atoms with van der Waals surface area (Å²) in [6.07, 6.45) is 4.64. The summed E-state index contributed by atoms with van der Waals surface area (Å²) in [5, 5.41) is 0. The van der Waals surface area contributed by atoms with Crippen molar-refractivity contribution in [3.05, 3.63) is 57.6 Å². The Bertz CT molecular complexity index is 566. The molecule has 0 aliphatic carbocycles. The Kier molecular flexibility index (Phi) is 5.12. The number of nitrogens with two attached hydrogens (primary N) is 2. The Morgan fingerprint density at radius 1 is 0.591 bits per heavy atom. The van der Waals surface area contributed by atoms with Crippen LogP contribution in [0.4, 0.5) is 11.4 Å². The zero-order chi connectivity index (χ0) is 16.3. The minimum Gasteiger partial charge on any atom is -0.398 e. The smallest absolute Gasteiger partial charge is 0.0373 e. The molecule has 0 spiro atoms. The van der Waals surface area contributed by atoms with E-state index in [4.69, 9.17) is 11.5 Å². The van der Waals surface area contributed by atoms with Gasteiger partial charge in [0.2, 0.25) is 0 Å². The SMILES string of the molecule is Cc1cc(CCCCc2cc(C)c(N)c(C)c2)cc(C)c1N. The van der Waals surface area contributed by atoms with E-state index < -0.39 is 0 Å². The highest BCUT2D eigenvalue weighted by molar-refractivity contribution is 5.55. The van der Waals surface area contributed by atoms with Crippen LogP contribution in [0.1, 0.15) is 46.2 Å². The van der Waals surface area contributed by atoms with E-state index in [9.17, 15) is 0 Å². The summed E-state index contributed by atoms with van der Waals surface area (Å²) in [6.45, 7) is 8.36. The summed E-state index contributed by atoms with van der Waals surface area (Å²) in [4.78, 5) is 0. The van der Waals surface area contributed by atoms with Crippen molar-refractivity contribution in [3.63, 3.8) is 0 Å². The van der Waals surface area contributed by atoms with Gasteiger partial charge in [0.05, 0.1) is 0 Å². The van der Waals surface area contributed by atoms with Crippen molar-refractivity contribution >= 4 is 11.4 Å². The first kappa shape index (κ1) is 16.4. The monoisotopic (exact) mass is 296 g/mol. The lowest BCUT2D eigenvalue weighted by atomic mass is 9.97. The van der Waals surface area contributed by atoms with Gasteiger partial charge in [-0.3, -0.25) is 0 Å². The molecule has 0 unspecified atom stereocenters. The molecule has 2 nitrogen and oxygen atoms in total. The number of nitrogen functional groups attached to an aromatic ring is 2. The predicted molar refractivity (Wildman–Crippen MR) is 97.3 cm³/mol. The van der Waals surface area contributed by atoms with E-state index in [1.165, 1.54) is 46.2 Å². The molecule has 0 aliphatic rings. The van der Waals surface area contributed by atoms with Gasteiger partial charge in [0.15, 0.2) is 0 Å². The second kappa shape index (κ2) is 6.87. The van der Waals surface area contributed by atoms with Crippen molar-refractivity contribution in [2.75, 3.05) is 11.5 Å². The Morgan fingerprint density at radius 2 is 0.864 bits per heavy atom. The minimum atomic E-state index is 0.927. The highest BCUT2D eigenvalue weighted by atomic mass is 14.6. The average Bonchev–Trinajstić information content (AvgIpc) is 2.46. The maximum Gasteiger partial charge on any atom is 0.0373 e. The first-order valence-electron chi connectivity index (χ1n) is 8.09. The van der Waals surface area contributed by atoms with Gasteiger partial charge in [-0.2, -0.15) is 0 Å². The number of aryl methyl sites for hydroxylation is 6. The van der Waals surface area contributed by atoms with Crippen LogP contribution in [0.15, 0.2) is 24.3 Å². The third-order valence-corrected chi connectivity index (χ3v) is 4.49. The van der Waals surface area contributed by atoms with E-state index in [-0.39, 0.29) is 0 Å². The Morgan fingerprint density at radius 3 is 1.14 bits per heavy atom. The normalized spacial score (nSPS) is 10.9. The van der Waals surface area contributed by atoms with Crippen LogP contribution in [0.3, 0.4) is 0 Å². The predicted octanol–water partition coefficient (Wildman–Crippen LogP) is 4.65. The zero-order valence-corrected chi connectivity index (χ0v) is 14.3. The molecule has 2 aromatic rings. The lowest BCUT2D eigenvalue weighted by molar-refractivity contribution is 0.733. The molecule has 0 bridgehead atoms. The fourth-order valence-corrected chi connectivity index (χ4v) is 3.08. The third-order valence-electron chi connectivity index (χ3n) is 4.49. The van der Waals surface area contributed by atoms with Gasteiger partial charge in [-0.05, 0) is 86.8 Å². The zero-order valence-electron chi connectivity index (χ0n) is 14.3. The largest absolute Gasteiger partial charge is 0.398 e. The molecule has 0 amide bonds. The van der Waals surface area contributed by atoms with E-state index in [2.05, 4.69) is 52.0 Å². The number of rotatable bonds is 5. The van der Waals surface area contributed by atoms with Crippen LogP contribution in [0, 0.1) is 27.7 Å². The lowest BCUT2D eigenvalue weighted by Gasteiger charge is -2.10. The van der Waals surface area contributed by atoms with Gasteiger partial charge >= 0.3 is 0 Å². The van der Waals surface area contributed by atoms with E-state index in [1.54, 1.807) is 0 Å². The molecule has 2 rings (SSSR count). The molecule has 0 heterocycles. The number of hydrogen-bond acceptors (Lipinski definition) is 2. The quantitative estimate of drug-likeness (QED) is 0.623. The van der Waals surface area contributed by atoms with E-state index in [1.807, 2.05) is 0 Å². The number of benzene rings is 2. The van der Waals surface area contributed by atoms with Gasteiger partial charge in [0.25, 0.3) is 0 Å². The highest BCUT2D eigenvalue weighted by Crippen LogP contribution is 2.22. The number of anilines is 2. The standard InChI is InChI=1S/C20H28N2/c1-13-9-17(10-14(2)19(13)21)7-5-6-8-18-11-15(3)20(22)16(4)12-18/h9-12H,5-8,21-22H2,1-4H3. The fourth-order valence-electron chi connectivity index (χ4n) is 3.08.